The Morgan fingerprint density at radius 1 is 1.22 bits per heavy atom. The molecule has 2 atom stereocenters. The topological polar surface area (TPSA) is 118 Å². The summed E-state index contributed by atoms with van der Waals surface area (Å²) in [4.78, 5) is 25.5. The van der Waals surface area contributed by atoms with E-state index in [1.54, 1.807) is 24.0 Å². The van der Waals surface area contributed by atoms with E-state index in [-0.39, 0.29) is 18.1 Å². The molecule has 1 amide bonds. The second-order valence-electron chi connectivity index (χ2n) is 8.85. The SMILES string of the molecule is COc1cc2ncnc(-c3cn(C)nc3-c3ccccc3)c2nc1C1CC(C(N)=O)(C(F)(F)F)CCO1. The number of aromatic nitrogens is 5. The van der Waals surface area contributed by atoms with E-state index in [0.717, 1.165) is 5.56 Å². The van der Waals surface area contributed by atoms with Crippen molar-refractivity contribution >= 4 is 16.9 Å². The molecular weight excluding hydrogens is 489 g/mol. The Morgan fingerprint density at radius 3 is 2.65 bits per heavy atom. The van der Waals surface area contributed by atoms with E-state index in [1.807, 2.05) is 30.3 Å². The van der Waals surface area contributed by atoms with E-state index in [1.165, 1.54) is 13.4 Å². The summed E-state index contributed by atoms with van der Waals surface area (Å²) < 4.78 is 54.9. The Balaban J connectivity index is 1.68. The molecule has 4 aromatic rings. The smallest absolute Gasteiger partial charge is 0.403 e. The fraction of sp³-hybridized carbons (Fsp3) is 0.320. The Labute approximate surface area is 209 Å². The third-order valence-corrected chi connectivity index (χ3v) is 6.66. The van der Waals surface area contributed by atoms with Gasteiger partial charge in [-0.25, -0.2) is 15.0 Å². The minimum Gasteiger partial charge on any atom is -0.495 e. The zero-order valence-corrected chi connectivity index (χ0v) is 20.0. The average Bonchev–Trinajstić information content (AvgIpc) is 3.28. The van der Waals surface area contributed by atoms with E-state index in [9.17, 15) is 18.0 Å². The zero-order chi connectivity index (χ0) is 26.4. The predicted octanol–water partition coefficient (Wildman–Crippen LogP) is 3.99. The Bertz CT molecular complexity index is 1470. The minimum absolute atomic E-state index is 0.103. The number of pyridine rings is 1. The maximum Gasteiger partial charge on any atom is 0.403 e. The number of methoxy groups -OCH3 is 1. The van der Waals surface area contributed by atoms with Crippen molar-refractivity contribution in [1.29, 1.82) is 0 Å². The third-order valence-electron chi connectivity index (χ3n) is 6.66. The number of hydrogen-bond acceptors (Lipinski definition) is 7. The monoisotopic (exact) mass is 512 g/mol. The maximum atomic E-state index is 14.0. The fourth-order valence-electron chi connectivity index (χ4n) is 4.69. The van der Waals surface area contributed by atoms with E-state index in [4.69, 9.17) is 15.2 Å². The molecule has 1 saturated heterocycles. The van der Waals surface area contributed by atoms with E-state index < -0.39 is 36.4 Å². The van der Waals surface area contributed by atoms with Crippen LogP contribution >= 0.6 is 0 Å². The number of fused-ring (bicyclic) bond motifs is 1. The number of carbonyl (C=O) groups is 1. The van der Waals surface area contributed by atoms with E-state index >= 15 is 0 Å². The number of nitrogens with two attached hydrogens (primary N) is 1. The molecule has 2 unspecified atom stereocenters. The summed E-state index contributed by atoms with van der Waals surface area (Å²) in [5.74, 6) is -1.26. The molecule has 3 aromatic heterocycles. The van der Waals surface area contributed by atoms with Gasteiger partial charge in [0.15, 0.2) is 0 Å². The normalized spacial score (nSPS) is 20.2. The second-order valence-corrected chi connectivity index (χ2v) is 8.85. The molecule has 5 rings (SSSR count). The van der Waals surface area contributed by atoms with Gasteiger partial charge >= 0.3 is 6.18 Å². The van der Waals surface area contributed by atoms with Crippen LogP contribution in [0.2, 0.25) is 0 Å². The van der Waals surface area contributed by atoms with Gasteiger partial charge in [0.2, 0.25) is 5.91 Å². The van der Waals surface area contributed by atoms with Crippen molar-refractivity contribution in [3.8, 4) is 28.3 Å². The van der Waals surface area contributed by atoms with Crippen LogP contribution in [0.1, 0.15) is 24.6 Å². The number of rotatable bonds is 5. The van der Waals surface area contributed by atoms with E-state index in [2.05, 4.69) is 20.1 Å². The van der Waals surface area contributed by atoms with Gasteiger partial charge in [0.1, 0.15) is 46.2 Å². The van der Waals surface area contributed by atoms with Crippen LogP contribution in [0.5, 0.6) is 5.75 Å². The number of primary amides is 1. The van der Waals surface area contributed by atoms with Crippen molar-refractivity contribution in [3.05, 3.63) is 54.6 Å². The Kier molecular flexibility index (Phi) is 6.06. The number of carbonyl (C=O) groups excluding carboxylic acids is 1. The molecule has 12 heteroatoms. The fourth-order valence-corrected chi connectivity index (χ4v) is 4.69. The first kappa shape index (κ1) is 24.6. The zero-order valence-electron chi connectivity index (χ0n) is 20.0. The van der Waals surface area contributed by atoms with Gasteiger partial charge in [0.25, 0.3) is 0 Å². The summed E-state index contributed by atoms with van der Waals surface area (Å²) in [6, 6.07) is 11.1. The lowest BCUT2D eigenvalue weighted by Crippen LogP contribution is -2.52. The van der Waals surface area contributed by atoms with Gasteiger partial charge in [-0.05, 0) is 6.42 Å². The number of ether oxygens (including phenoxy) is 2. The molecule has 37 heavy (non-hydrogen) atoms. The largest absolute Gasteiger partial charge is 0.495 e. The highest BCUT2D eigenvalue weighted by Crippen LogP contribution is 2.51. The van der Waals surface area contributed by atoms with Gasteiger partial charge in [0, 0.05) is 43.5 Å². The number of halogens is 3. The van der Waals surface area contributed by atoms with Crippen LogP contribution in [0.4, 0.5) is 13.2 Å². The van der Waals surface area contributed by atoms with Crippen molar-refractivity contribution < 1.29 is 27.4 Å². The number of nitrogens with zero attached hydrogens (tertiary/aromatic N) is 5. The standard InChI is InChI=1S/C25H23F3N6O3/c1-34-12-15(19(33-34)14-6-4-3-5-7-14)20-21-16(30-13-31-20)10-17(36-2)22(32-21)18-11-24(23(29)35,8-9-37-18)25(26,27)28/h3-7,10,12-13,18H,8-9,11H2,1-2H3,(H2,29,35). The lowest BCUT2D eigenvalue weighted by Gasteiger charge is -2.39. The maximum absolute atomic E-state index is 14.0. The predicted molar refractivity (Wildman–Crippen MR) is 127 cm³/mol. The lowest BCUT2D eigenvalue weighted by atomic mass is 9.75. The molecule has 9 nitrogen and oxygen atoms in total. The molecule has 0 aliphatic carbocycles. The first-order valence-electron chi connectivity index (χ1n) is 11.4. The Morgan fingerprint density at radius 2 is 1.97 bits per heavy atom. The molecule has 1 fully saturated rings. The van der Waals surface area contributed by atoms with Crippen LogP contribution in [0.25, 0.3) is 33.5 Å². The van der Waals surface area contributed by atoms with Gasteiger partial charge in [-0.1, -0.05) is 30.3 Å². The van der Waals surface area contributed by atoms with Crippen molar-refractivity contribution in [2.45, 2.75) is 25.1 Å². The van der Waals surface area contributed by atoms with Crippen molar-refractivity contribution in [1.82, 2.24) is 24.7 Å². The highest BCUT2D eigenvalue weighted by atomic mass is 19.4. The summed E-state index contributed by atoms with van der Waals surface area (Å²) in [5, 5.41) is 4.58. The van der Waals surface area contributed by atoms with E-state index in [0.29, 0.717) is 28.0 Å². The number of benzene rings is 1. The second kappa shape index (κ2) is 9.11. The quantitative estimate of drug-likeness (QED) is 0.430. The summed E-state index contributed by atoms with van der Waals surface area (Å²) >= 11 is 0. The van der Waals surface area contributed by atoms with Gasteiger partial charge < -0.3 is 15.2 Å². The summed E-state index contributed by atoms with van der Waals surface area (Å²) in [5.41, 5.74) is 5.99. The van der Waals surface area contributed by atoms with Crippen molar-refractivity contribution in [2.24, 2.45) is 18.2 Å². The molecule has 1 aromatic carbocycles. The number of amides is 1. The number of hydrogen-bond donors (Lipinski definition) is 1. The lowest BCUT2D eigenvalue weighted by molar-refractivity contribution is -0.247. The van der Waals surface area contributed by atoms with Gasteiger partial charge in [-0.3, -0.25) is 9.48 Å². The minimum atomic E-state index is -4.85. The summed E-state index contributed by atoms with van der Waals surface area (Å²) in [6.45, 7) is -0.325. The van der Waals surface area contributed by atoms with Crippen LogP contribution in [0.3, 0.4) is 0 Å². The van der Waals surface area contributed by atoms with Crippen LogP contribution in [0.15, 0.2) is 48.9 Å². The first-order valence-corrected chi connectivity index (χ1v) is 11.4. The molecule has 0 saturated carbocycles. The summed E-state index contributed by atoms with van der Waals surface area (Å²) in [7, 11) is 3.15. The molecule has 0 bridgehead atoms. The number of aryl methyl sites for hydroxylation is 1. The number of alkyl halides is 3. The first-order chi connectivity index (χ1) is 17.6. The molecule has 0 radical (unpaired) electrons. The molecular formula is C25H23F3N6O3. The highest BCUT2D eigenvalue weighted by Gasteiger charge is 2.61. The van der Waals surface area contributed by atoms with Crippen LogP contribution < -0.4 is 10.5 Å². The van der Waals surface area contributed by atoms with Crippen molar-refractivity contribution in [2.75, 3.05) is 13.7 Å². The van der Waals surface area contributed by atoms with Crippen LogP contribution in [-0.2, 0) is 16.6 Å². The molecule has 1 aliphatic rings. The molecule has 1 aliphatic heterocycles. The van der Waals surface area contributed by atoms with Crippen molar-refractivity contribution in [3.63, 3.8) is 0 Å². The molecule has 0 spiro atoms. The van der Waals surface area contributed by atoms with Gasteiger partial charge in [-0.2, -0.15) is 18.3 Å². The third kappa shape index (κ3) is 4.16. The Hall–Kier alpha value is -4.06. The van der Waals surface area contributed by atoms with Gasteiger partial charge in [0.05, 0.1) is 12.6 Å². The summed E-state index contributed by atoms with van der Waals surface area (Å²) in [6.07, 6.45) is -4.17. The molecule has 192 valence electrons. The average molecular weight is 512 g/mol. The molecule has 4 heterocycles. The highest BCUT2D eigenvalue weighted by molar-refractivity contribution is 5.94. The molecule has 2 N–H and O–H groups in total. The van der Waals surface area contributed by atoms with Crippen LogP contribution in [0, 0.1) is 5.41 Å². The van der Waals surface area contributed by atoms with Gasteiger partial charge in [-0.15, -0.1) is 0 Å². The van der Waals surface area contributed by atoms with Crippen LogP contribution in [-0.4, -0.2) is 50.5 Å².